The molecule has 0 fully saturated rings. The van der Waals surface area contributed by atoms with E-state index in [1.165, 1.54) is 0 Å². The third kappa shape index (κ3) is 3.11. The second-order valence-corrected chi connectivity index (χ2v) is 4.15. The van der Waals surface area contributed by atoms with Crippen molar-refractivity contribution >= 4 is 0 Å². The summed E-state index contributed by atoms with van der Waals surface area (Å²) >= 11 is 0. The standard InChI is InChI=1S/C14H19N3O/c1-3-8-18-12-6-4-11(5-7-12)13-9-16-14(17-13)10-15-2/h4-7,9,15H,3,8,10H2,1-2H3,(H,16,17). The average Bonchev–Trinajstić information content (AvgIpc) is 2.86. The SMILES string of the molecule is CCCOc1ccc(-c2cnc(CNC)[nH]2)cc1. The Morgan fingerprint density at radius 2 is 2.06 bits per heavy atom. The molecule has 1 aromatic heterocycles. The largest absolute Gasteiger partial charge is 0.494 e. The van der Waals surface area contributed by atoms with Gasteiger partial charge in [0.2, 0.25) is 0 Å². The molecular formula is C14H19N3O. The molecule has 2 aromatic rings. The van der Waals surface area contributed by atoms with Crippen molar-refractivity contribution in [3.63, 3.8) is 0 Å². The Morgan fingerprint density at radius 1 is 1.28 bits per heavy atom. The fourth-order valence-corrected chi connectivity index (χ4v) is 1.72. The zero-order chi connectivity index (χ0) is 12.8. The van der Waals surface area contributed by atoms with Crippen molar-refractivity contribution in [2.75, 3.05) is 13.7 Å². The van der Waals surface area contributed by atoms with Gasteiger partial charge in [0.05, 0.1) is 25.0 Å². The topological polar surface area (TPSA) is 49.9 Å². The molecule has 0 aliphatic carbocycles. The van der Waals surface area contributed by atoms with Gasteiger partial charge in [-0.2, -0.15) is 0 Å². The third-order valence-electron chi connectivity index (χ3n) is 2.61. The molecule has 2 rings (SSSR count). The van der Waals surface area contributed by atoms with Crippen LogP contribution in [0.4, 0.5) is 0 Å². The van der Waals surface area contributed by atoms with Gasteiger partial charge < -0.3 is 15.0 Å². The first-order valence-corrected chi connectivity index (χ1v) is 6.25. The van der Waals surface area contributed by atoms with Crippen LogP contribution in [0, 0.1) is 0 Å². The van der Waals surface area contributed by atoms with Crippen LogP contribution < -0.4 is 10.1 Å². The van der Waals surface area contributed by atoms with Gasteiger partial charge in [0.15, 0.2) is 0 Å². The van der Waals surface area contributed by atoms with Gasteiger partial charge in [-0.15, -0.1) is 0 Å². The summed E-state index contributed by atoms with van der Waals surface area (Å²) < 4.78 is 5.55. The lowest BCUT2D eigenvalue weighted by molar-refractivity contribution is 0.317. The Kier molecular flexibility index (Phi) is 4.36. The summed E-state index contributed by atoms with van der Waals surface area (Å²) in [5, 5.41) is 3.07. The number of H-pyrrole nitrogens is 1. The molecule has 0 amide bonds. The number of aromatic amines is 1. The number of imidazole rings is 1. The molecule has 4 heteroatoms. The van der Waals surface area contributed by atoms with E-state index in [2.05, 4.69) is 22.2 Å². The molecule has 0 saturated heterocycles. The first-order valence-electron chi connectivity index (χ1n) is 6.25. The monoisotopic (exact) mass is 245 g/mol. The molecule has 2 N–H and O–H groups in total. The zero-order valence-electron chi connectivity index (χ0n) is 10.9. The van der Waals surface area contributed by atoms with Gasteiger partial charge in [-0.25, -0.2) is 4.98 Å². The number of rotatable bonds is 6. The fourth-order valence-electron chi connectivity index (χ4n) is 1.72. The van der Waals surface area contributed by atoms with Crippen molar-refractivity contribution in [2.45, 2.75) is 19.9 Å². The van der Waals surface area contributed by atoms with Gasteiger partial charge in [-0.1, -0.05) is 6.92 Å². The van der Waals surface area contributed by atoms with Crippen molar-refractivity contribution in [3.05, 3.63) is 36.3 Å². The van der Waals surface area contributed by atoms with E-state index >= 15 is 0 Å². The maximum absolute atomic E-state index is 5.55. The highest BCUT2D eigenvalue weighted by atomic mass is 16.5. The van der Waals surface area contributed by atoms with E-state index in [-0.39, 0.29) is 0 Å². The molecule has 0 spiro atoms. The maximum Gasteiger partial charge on any atom is 0.120 e. The van der Waals surface area contributed by atoms with Crippen LogP contribution in [0.25, 0.3) is 11.3 Å². The molecule has 0 bridgehead atoms. The third-order valence-corrected chi connectivity index (χ3v) is 2.61. The summed E-state index contributed by atoms with van der Waals surface area (Å²) in [6, 6.07) is 8.07. The van der Waals surface area contributed by atoms with Crippen molar-refractivity contribution in [3.8, 4) is 17.0 Å². The Labute approximate surface area is 107 Å². The van der Waals surface area contributed by atoms with E-state index in [0.717, 1.165) is 42.4 Å². The van der Waals surface area contributed by atoms with E-state index in [1.54, 1.807) is 0 Å². The number of ether oxygens (including phenoxy) is 1. The minimum absolute atomic E-state index is 0.748. The van der Waals surface area contributed by atoms with Gasteiger partial charge in [-0.3, -0.25) is 0 Å². The number of hydrogen-bond donors (Lipinski definition) is 2. The summed E-state index contributed by atoms with van der Waals surface area (Å²) in [5.41, 5.74) is 2.15. The highest BCUT2D eigenvalue weighted by Crippen LogP contribution is 2.20. The van der Waals surface area contributed by atoms with Crippen LogP contribution in [0.3, 0.4) is 0 Å². The molecule has 1 aromatic carbocycles. The second kappa shape index (κ2) is 6.21. The van der Waals surface area contributed by atoms with E-state index < -0.39 is 0 Å². The Bertz CT molecular complexity index is 476. The molecule has 0 saturated carbocycles. The van der Waals surface area contributed by atoms with E-state index in [4.69, 9.17) is 4.74 Å². The average molecular weight is 245 g/mol. The molecule has 96 valence electrons. The van der Waals surface area contributed by atoms with Gasteiger partial charge in [-0.05, 0) is 43.3 Å². The zero-order valence-corrected chi connectivity index (χ0v) is 10.9. The van der Waals surface area contributed by atoms with Gasteiger partial charge >= 0.3 is 0 Å². The molecule has 0 unspecified atom stereocenters. The highest BCUT2D eigenvalue weighted by Gasteiger charge is 2.03. The van der Waals surface area contributed by atoms with Crippen molar-refractivity contribution in [1.82, 2.24) is 15.3 Å². The fraction of sp³-hybridized carbons (Fsp3) is 0.357. The van der Waals surface area contributed by atoms with Crippen molar-refractivity contribution in [2.24, 2.45) is 0 Å². The molecule has 4 nitrogen and oxygen atoms in total. The van der Waals surface area contributed by atoms with Crippen LogP contribution in [-0.4, -0.2) is 23.6 Å². The van der Waals surface area contributed by atoms with E-state index in [9.17, 15) is 0 Å². The Hall–Kier alpha value is -1.81. The lowest BCUT2D eigenvalue weighted by atomic mass is 10.2. The summed E-state index contributed by atoms with van der Waals surface area (Å²) in [6.07, 6.45) is 2.88. The molecule has 1 heterocycles. The predicted molar refractivity (Wildman–Crippen MR) is 72.6 cm³/mol. The van der Waals surface area contributed by atoms with Gasteiger partial charge in [0.25, 0.3) is 0 Å². The van der Waals surface area contributed by atoms with Crippen LogP contribution in [0.2, 0.25) is 0 Å². The quantitative estimate of drug-likeness (QED) is 0.822. The van der Waals surface area contributed by atoms with E-state index in [0.29, 0.717) is 0 Å². The molecule has 18 heavy (non-hydrogen) atoms. The smallest absolute Gasteiger partial charge is 0.120 e. The summed E-state index contributed by atoms with van der Waals surface area (Å²) in [4.78, 5) is 7.58. The molecule has 0 atom stereocenters. The van der Waals surface area contributed by atoms with Crippen LogP contribution in [-0.2, 0) is 6.54 Å². The maximum atomic E-state index is 5.55. The summed E-state index contributed by atoms with van der Waals surface area (Å²) in [7, 11) is 1.90. The summed E-state index contributed by atoms with van der Waals surface area (Å²) in [6.45, 7) is 3.61. The predicted octanol–water partition coefficient (Wildman–Crippen LogP) is 2.58. The number of nitrogens with zero attached hydrogens (tertiary/aromatic N) is 1. The number of nitrogens with one attached hydrogen (secondary N) is 2. The number of benzene rings is 1. The molecular weight excluding hydrogens is 226 g/mol. The molecule has 0 aliphatic rings. The van der Waals surface area contributed by atoms with E-state index in [1.807, 2.05) is 37.5 Å². The first-order chi connectivity index (χ1) is 8.83. The molecule has 0 radical (unpaired) electrons. The number of aromatic nitrogens is 2. The highest BCUT2D eigenvalue weighted by molar-refractivity contribution is 5.59. The molecule has 0 aliphatic heterocycles. The minimum atomic E-state index is 0.748. The van der Waals surface area contributed by atoms with Crippen LogP contribution >= 0.6 is 0 Å². The van der Waals surface area contributed by atoms with Crippen LogP contribution in [0.5, 0.6) is 5.75 Å². The Balaban J connectivity index is 2.07. The van der Waals surface area contributed by atoms with Crippen LogP contribution in [0.1, 0.15) is 19.2 Å². The first kappa shape index (κ1) is 12.6. The number of hydrogen-bond acceptors (Lipinski definition) is 3. The van der Waals surface area contributed by atoms with Crippen LogP contribution in [0.15, 0.2) is 30.5 Å². The van der Waals surface area contributed by atoms with Gasteiger partial charge in [0, 0.05) is 0 Å². The minimum Gasteiger partial charge on any atom is -0.494 e. The van der Waals surface area contributed by atoms with Crippen molar-refractivity contribution in [1.29, 1.82) is 0 Å². The summed E-state index contributed by atoms with van der Waals surface area (Å²) in [5.74, 6) is 1.86. The lowest BCUT2D eigenvalue weighted by Crippen LogP contribution is -2.06. The normalized spacial score (nSPS) is 10.6. The second-order valence-electron chi connectivity index (χ2n) is 4.15. The Morgan fingerprint density at radius 3 is 2.72 bits per heavy atom. The van der Waals surface area contributed by atoms with Crippen molar-refractivity contribution < 1.29 is 4.74 Å². The van der Waals surface area contributed by atoms with Gasteiger partial charge in [0.1, 0.15) is 11.6 Å². The lowest BCUT2D eigenvalue weighted by Gasteiger charge is -2.04.